The molecule has 1 saturated heterocycles. The number of rotatable bonds is 0. The molecule has 2 nitrogen and oxygen atoms in total. The fourth-order valence-corrected chi connectivity index (χ4v) is 4.34. The molecule has 0 amide bonds. The van der Waals surface area contributed by atoms with Crippen LogP contribution in [-0.4, -0.2) is 21.7 Å². The summed E-state index contributed by atoms with van der Waals surface area (Å²) in [6, 6.07) is 6.12. The van der Waals surface area contributed by atoms with Crippen LogP contribution in [0.2, 0.25) is 0 Å². The molecule has 18 heavy (non-hydrogen) atoms. The highest BCUT2D eigenvalue weighted by Crippen LogP contribution is 2.48. The highest BCUT2D eigenvalue weighted by molar-refractivity contribution is 8.00. The van der Waals surface area contributed by atoms with Gasteiger partial charge in [0.1, 0.15) is 11.4 Å². The third-order valence-corrected chi connectivity index (χ3v) is 5.68. The maximum atomic E-state index is 10.4. The van der Waals surface area contributed by atoms with Gasteiger partial charge in [0.25, 0.3) is 0 Å². The minimum Gasteiger partial charge on any atom is -0.486 e. The Bertz CT molecular complexity index is 460. The second-order valence-electron chi connectivity index (χ2n) is 5.54. The molecule has 0 aliphatic carbocycles. The number of hydrogen-bond acceptors (Lipinski definition) is 3. The first-order chi connectivity index (χ1) is 8.61. The number of aryl methyl sites for hydroxylation is 1. The second-order valence-corrected chi connectivity index (χ2v) is 6.99. The van der Waals surface area contributed by atoms with Crippen molar-refractivity contribution in [2.75, 3.05) is 5.75 Å². The van der Waals surface area contributed by atoms with Crippen LogP contribution >= 0.6 is 11.8 Å². The highest BCUT2D eigenvalue weighted by atomic mass is 32.2. The number of fused-ring (bicyclic) bond motifs is 1. The van der Waals surface area contributed by atoms with Gasteiger partial charge in [-0.1, -0.05) is 11.6 Å². The lowest BCUT2D eigenvalue weighted by atomic mass is 9.82. The molecule has 0 aromatic heterocycles. The van der Waals surface area contributed by atoms with Crippen LogP contribution in [-0.2, 0) is 0 Å². The van der Waals surface area contributed by atoms with E-state index in [1.807, 2.05) is 23.9 Å². The van der Waals surface area contributed by atoms with Gasteiger partial charge >= 0.3 is 0 Å². The van der Waals surface area contributed by atoms with Crippen molar-refractivity contribution in [3.8, 4) is 5.75 Å². The Morgan fingerprint density at radius 1 is 1.44 bits per heavy atom. The molecular weight excluding hydrogens is 244 g/mol. The fourth-order valence-electron chi connectivity index (χ4n) is 3.11. The molecule has 0 bridgehead atoms. The van der Waals surface area contributed by atoms with Crippen molar-refractivity contribution in [2.24, 2.45) is 0 Å². The van der Waals surface area contributed by atoms with Gasteiger partial charge in [-0.3, -0.25) is 0 Å². The van der Waals surface area contributed by atoms with Crippen LogP contribution in [0.5, 0.6) is 5.75 Å². The lowest BCUT2D eigenvalue weighted by Crippen LogP contribution is -2.50. The van der Waals surface area contributed by atoms with Gasteiger partial charge in [0, 0.05) is 17.2 Å². The maximum absolute atomic E-state index is 10.4. The Kier molecular flexibility index (Phi) is 3.07. The monoisotopic (exact) mass is 264 g/mol. The normalized spacial score (nSPS) is 35.1. The summed E-state index contributed by atoms with van der Waals surface area (Å²) < 4.78 is 6.32. The van der Waals surface area contributed by atoms with E-state index in [1.165, 1.54) is 17.7 Å². The summed E-state index contributed by atoms with van der Waals surface area (Å²) in [5.74, 6) is 2.09. The van der Waals surface area contributed by atoms with Gasteiger partial charge in [0.05, 0.1) is 6.10 Å². The molecule has 0 radical (unpaired) electrons. The Labute approximate surface area is 113 Å². The van der Waals surface area contributed by atoms with Crippen molar-refractivity contribution in [1.29, 1.82) is 0 Å². The zero-order valence-corrected chi connectivity index (χ0v) is 11.8. The minimum atomic E-state index is -0.380. The van der Waals surface area contributed by atoms with E-state index >= 15 is 0 Å². The summed E-state index contributed by atoms with van der Waals surface area (Å²) in [7, 11) is 0. The Morgan fingerprint density at radius 3 is 3.06 bits per heavy atom. The Hall–Kier alpha value is -0.670. The molecule has 1 aromatic carbocycles. The number of thioether (sulfide) groups is 1. The van der Waals surface area contributed by atoms with E-state index in [0.29, 0.717) is 5.25 Å². The van der Waals surface area contributed by atoms with Crippen LogP contribution in [0.4, 0.5) is 0 Å². The summed E-state index contributed by atoms with van der Waals surface area (Å²) >= 11 is 1.97. The molecule has 2 heterocycles. The predicted molar refractivity (Wildman–Crippen MR) is 75.3 cm³/mol. The topological polar surface area (TPSA) is 29.5 Å². The van der Waals surface area contributed by atoms with E-state index in [9.17, 15) is 5.11 Å². The van der Waals surface area contributed by atoms with E-state index in [1.54, 1.807) is 0 Å². The highest BCUT2D eigenvalue weighted by Gasteiger charge is 2.46. The Morgan fingerprint density at radius 2 is 2.28 bits per heavy atom. The van der Waals surface area contributed by atoms with E-state index < -0.39 is 0 Å². The third kappa shape index (κ3) is 1.94. The molecule has 2 unspecified atom stereocenters. The van der Waals surface area contributed by atoms with Crippen LogP contribution in [0.1, 0.15) is 43.4 Å². The van der Waals surface area contributed by atoms with E-state index in [4.69, 9.17) is 4.74 Å². The van der Waals surface area contributed by atoms with Gasteiger partial charge < -0.3 is 9.84 Å². The van der Waals surface area contributed by atoms with Crippen molar-refractivity contribution >= 4 is 11.8 Å². The number of ether oxygens (including phenoxy) is 1. The molecule has 1 spiro atoms. The SMILES string of the molecule is Cc1ccc2c(c1)[C@H](O)CC1(CCCSC1C)O2. The summed E-state index contributed by atoms with van der Waals surface area (Å²) in [4.78, 5) is 0. The zero-order chi connectivity index (χ0) is 12.8. The van der Waals surface area contributed by atoms with Gasteiger partial charge in [-0.05, 0) is 44.6 Å². The zero-order valence-electron chi connectivity index (χ0n) is 11.0. The van der Waals surface area contributed by atoms with E-state index in [0.717, 1.165) is 24.2 Å². The molecule has 3 atom stereocenters. The molecule has 1 aromatic rings. The van der Waals surface area contributed by atoms with Crippen molar-refractivity contribution in [1.82, 2.24) is 0 Å². The largest absolute Gasteiger partial charge is 0.486 e. The van der Waals surface area contributed by atoms with Gasteiger partial charge in [-0.25, -0.2) is 0 Å². The van der Waals surface area contributed by atoms with Gasteiger partial charge in [-0.15, -0.1) is 0 Å². The summed E-state index contributed by atoms with van der Waals surface area (Å²) in [6.07, 6.45) is 2.60. The van der Waals surface area contributed by atoms with Crippen LogP contribution in [0.3, 0.4) is 0 Å². The summed E-state index contributed by atoms with van der Waals surface area (Å²) in [5.41, 5.74) is 1.98. The number of hydrogen-bond donors (Lipinski definition) is 1. The number of benzene rings is 1. The van der Waals surface area contributed by atoms with Crippen molar-refractivity contribution in [3.63, 3.8) is 0 Å². The van der Waals surface area contributed by atoms with Crippen LogP contribution in [0.25, 0.3) is 0 Å². The van der Waals surface area contributed by atoms with Crippen LogP contribution in [0, 0.1) is 6.92 Å². The summed E-state index contributed by atoms with van der Waals surface area (Å²) in [5, 5.41) is 10.9. The standard InChI is InChI=1S/C15H20O2S/c1-10-4-5-14-12(8-10)13(16)9-15(17-14)6-3-7-18-11(15)2/h4-5,8,11,13,16H,3,6-7,9H2,1-2H3/t11?,13-,15?/m1/s1. The summed E-state index contributed by atoms with van der Waals surface area (Å²) in [6.45, 7) is 4.28. The molecule has 2 aliphatic heterocycles. The molecule has 1 fully saturated rings. The lowest BCUT2D eigenvalue weighted by Gasteiger charge is -2.46. The van der Waals surface area contributed by atoms with E-state index in [-0.39, 0.29) is 11.7 Å². The van der Waals surface area contributed by atoms with Gasteiger partial charge in [0.2, 0.25) is 0 Å². The molecular formula is C15H20O2S. The van der Waals surface area contributed by atoms with E-state index in [2.05, 4.69) is 19.9 Å². The maximum Gasteiger partial charge on any atom is 0.126 e. The Balaban J connectivity index is 1.98. The molecule has 2 aliphatic rings. The van der Waals surface area contributed by atoms with Crippen LogP contribution in [0.15, 0.2) is 18.2 Å². The number of aliphatic hydroxyl groups is 1. The smallest absolute Gasteiger partial charge is 0.126 e. The minimum absolute atomic E-state index is 0.162. The van der Waals surface area contributed by atoms with Crippen molar-refractivity contribution in [2.45, 2.75) is 50.1 Å². The first-order valence-corrected chi connectivity index (χ1v) is 7.75. The van der Waals surface area contributed by atoms with Gasteiger partial charge in [0.15, 0.2) is 0 Å². The van der Waals surface area contributed by atoms with Crippen molar-refractivity contribution < 1.29 is 9.84 Å². The quantitative estimate of drug-likeness (QED) is 0.778. The molecule has 3 rings (SSSR count). The predicted octanol–water partition coefficient (Wildman–Crippen LogP) is 3.47. The molecule has 98 valence electrons. The lowest BCUT2D eigenvalue weighted by molar-refractivity contribution is -0.0212. The van der Waals surface area contributed by atoms with Gasteiger partial charge in [-0.2, -0.15) is 11.8 Å². The first-order valence-electron chi connectivity index (χ1n) is 6.70. The third-order valence-electron chi connectivity index (χ3n) is 4.23. The molecule has 1 N–H and O–H groups in total. The average Bonchev–Trinajstić information content (AvgIpc) is 2.34. The van der Waals surface area contributed by atoms with Crippen LogP contribution < -0.4 is 4.74 Å². The first kappa shape index (κ1) is 12.4. The second kappa shape index (κ2) is 4.46. The van der Waals surface area contributed by atoms with Crippen molar-refractivity contribution in [3.05, 3.63) is 29.3 Å². The number of aliphatic hydroxyl groups excluding tert-OH is 1. The molecule has 3 heteroatoms. The fraction of sp³-hybridized carbons (Fsp3) is 0.600. The molecule has 0 saturated carbocycles. The average molecular weight is 264 g/mol.